The molecular formula is C20H33N. The second-order valence-electron chi connectivity index (χ2n) is 8.30. The number of benzene rings is 1. The number of hydrogen-bond acceptors (Lipinski definition) is 1. The Morgan fingerprint density at radius 3 is 2.43 bits per heavy atom. The molecule has 0 heterocycles. The lowest BCUT2D eigenvalue weighted by molar-refractivity contribution is 0.243. The monoisotopic (exact) mass is 287 g/mol. The Labute approximate surface area is 131 Å². The molecule has 0 aromatic heterocycles. The zero-order valence-corrected chi connectivity index (χ0v) is 14.7. The summed E-state index contributed by atoms with van der Waals surface area (Å²) in [7, 11) is 0. The van der Waals surface area contributed by atoms with Gasteiger partial charge in [-0.2, -0.15) is 0 Å². The van der Waals surface area contributed by atoms with Crippen LogP contribution in [0.15, 0.2) is 18.2 Å². The van der Waals surface area contributed by atoms with E-state index in [-0.39, 0.29) is 5.54 Å². The largest absolute Gasteiger partial charge is 0.312 e. The van der Waals surface area contributed by atoms with Crippen molar-refractivity contribution in [1.29, 1.82) is 0 Å². The molecule has 21 heavy (non-hydrogen) atoms. The Morgan fingerprint density at radius 1 is 1.05 bits per heavy atom. The van der Waals surface area contributed by atoms with Crippen molar-refractivity contribution in [3.8, 4) is 0 Å². The van der Waals surface area contributed by atoms with Crippen molar-refractivity contribution in [2.75, 3.05) is 6.54 Å². The molecular weight excluding hydrogens is 254 g/mol. The van der Waals surface area contributed by atoms with Gasteiger partial charge in [0.2, 0.25) is 0 Å². The smallest absolute Gasteiger partial charge is 0.00967 e. The lowest BCUT2D eigenvalue weighted by Gasteiger charge is -2.34. The van der Waals surface area contributed by atoms with E-state index in [9.17, 15) is 0 Å². The fraction of sp³-hybridized carbons (Fsp3) is 0.700. The normalized spacial score (nSPS) is 17.6. The van der Waals surface area contributed by atoms with Gasteiger partial charge < -0.3 is 5.32 Å². The first kappa shape index (κ1) is 16.5. The van der Waals surface area contributed by atoms with Crippen LogP contribution in [0.2, 0.25) is 0 Å². The highest BCUT2D eigenvalue weighted by atomic mass is 15.0. The SMILES string of the molecule is CCCC(C)(CNC(C)(C)C)Cc1ccc2c(c1)CCC2. The topological polar surface area (TPSA) is 12.0 Å². The van der Waals surface area contributed by atoms with Crippen molar-refractivity contribution >= 4 is 0 Å². The van der Waals surface area contributed by atoms with Gasteiger partial charge in [0.25, 0.3) is 0 Å². The molecule has 0 fully saturated rings. The minimum absolute atomic E-state index is 0.201. The van der Waals surface area contributed by atoms with Gasteiger partial charge in [0.05, 0.1) is 0 Å². The van der Waals surface area contributed by atoms with Crippen molar-refractivity contribution in [3.63, 3.8) is 0 Å². The highest BCUT2D eigenvalue weighted by molar-refractivity contribution is 5.35. The van der Waals surface area contributed by atoms with Gasteiger partial charge in [-0.05, 0) is 75.0 Å². The highest BCUT2D eigenvalue weighted by Gasteiger charge is 2.26. The fourth-order valence-corrected chi connectivity index (χ4v) is 3.55. The Morgan fingerprint density at radius 2 is 1.76 bits per heavy atom. The predicted octanol–water partition coefficient (Wildman–Crippen LogP) is 4.91. The van der Waals surface area contributed by atoms with E-state index in [0.29, 0.717) is 5.41 Å². The standard InChI is InChI=1S/C20H33N/c1-6-12-20(5,15-21-19(2,3)4)14-16-10-11-17-8-7-9-18(17)13-16/h10-11,13,21H,6-9,12,14-15H2,1-5H3. The molecule has 0 radical (unpaired) electrons. The molecule has 0 saturated heterocycles. The van der Waals surface area contributed by atoms with Crippen LogP contribution < -0.4 is 5.32 Å². The average Bonchev–Trinajstić information content (AvgIpc) is 2.83. The molecule has 0 bridgehead atoms. The number of hydrogen-bond donors (Lipinski definition) is 1. The van der Waals surface area contributed by atoms with Gasteiger partial charge >= 0.3 is 0 Å². The molecule has 1 aromatic rings. The minimum atomic E-state index is 0.201. The Hall–Kier alpha value is -0.820. The molecule has 2 rings (SSSR count). The maximum absolute atomic E-state index is 3.72. The van der Waals surface area contributed by atoms with Crippen LogP contribution in [-0.4, -0.2) is 12.1 Å². The van der Waals surface area contributed by atoms with Crippen molar-refractivity contribution < 1.29 is 0 Å². The Bertz CT molecular complexity index is 469. The van der Waals surface area contributed by atoms with E-state index >= 15 is 0 Å². The second kappa shape index (κ2) is 6.52. The summed E-state index contributed by atoms with van der Waals surface area (Å²) in [5, 5.41) is 3.72. The van der Waals surface area contributed by atoms with E-state index in [4.69, 9.17) is 0 Å². The van der Waals surface area contributed by atoms with Crippen LogP contribution >= 0.6 is 0 Å². The summed E-state index contributed by atoms with van der Waals surface area (Å²) in [4.78, 5) is 0. The first-order chi connectivity index (χ1) is 9.81. The van der Waals surface area contributed by atoms with E-state index in [1.807, 2.05) is 0 Å². The Kier molecular flexibility index (Phi) is 5.14. The van der Waals surface area contributed by atoms with Crippen molar-refractivity contribution in [3.05, 3.63) is 34.9 Å². The van der Waals surface area contributed by atoms with Gasteiger partial charge in [0.15, 0.2) is 0 Å². The van der Waals surface area contributed by atoms with Crippen molar-refractivity contribution in [2.45, 2.75) is 78.7 Å². The van der Waals surface area contributed by atoms with E-state index < -0.39 is 0 Å². The molecule has 118 valence electrons. The summed E-state index contributed by atoms with van der Waals surface area (Å²) in [5.74, 6) is 0. The van der Waals surface area contributed by atoms with Gasteiger partial charge in [-0.3, -0.25) is 0 Å². The first-order valence-corrected chi connectivity index (χ1v) is 8.67. The number of aryl methyl sites for hydroxylation is 2. The molecule has 0 aliphatic heterocycles. The quantitative estimate of drug-likeness (QED) is 0.783. The third-order valence-electron chi connectivity index (χ3n) is 4.69. The summed E-state index contributed by atoms with van der Waals surface area (Å²) in [6.07, 6.45) is 7.65. The van der Waals surface area contributed by atoms with E-state index in [1.165, 1.54) is 44.1 Å². The summed E-state index contributed by atoms with van der Waals surface area (Å²) in [5.41, 5.74) is 5.28. The van der Waals surface area contributed by atoms with Gasteiger partial charge in [-0.15, -0.1) is 0 Å². The van der Waals surface area contributed by atoms with Gasteiger partial charge in [0, 0.05) is 12.1 Å². The summed E-state index contributed by atoms with van der Waals surface area (Å²) < 4.78 is 0. The zero-order chi connectivity index (χ0) is 15.5. The predicted molar refractivity (Wildman–Crippen MR) is 92.9 cm³/mol. The average molecular weight is 287 g/mol. The van der Waals surface area contributed by atoms with Crippen LogP contribution in [0.4, 0.5) is 0 Å². The molecule has 1 aliphatic carbocycles. The van der Waals surface area contributed by atoms with Crippen LogP contribution in [0.25, 0.3) is 0 Å². The van der Waals surface area contributed by atoms with Crippen LogP contribution in [0.3, 0.4) is 0 Å². The molecule has 1 atom stereocenters. The summed E-state index contributed by atoms with van der Waals surface area (Å²) in [6.45, 7) is 12.6. The van der Waals surface area contributed by atoms with Gasteiger partial charge in [0.1, 0.15) is 0 Å². The lowest BCUT2D eigenvalue weighted by Crippen LogP contribution is -2.43. The third kappa shape index (κ3) is 4.85. The van der Waals surface area contributed by atoms with Gasteiger partial charge in [-0.25, -0.2) is 0 Å². The number of nitrogens with one attached hydrogen (secondary N) is 1. The van der Waals surface area contributed by atoms with Crippen molar-refractivity contribution in [2.24, 2.45) is 5.41 Å². The van der Waals surface area contributed by atoms with Crippen molar-refractivity contribution in [1.82, 2.24) is 5.32 Å². The van der Waals surface area contributed by atoms with E-state index in [0.717, 1.165) is 6.54 Å². The molecule has 1 nitrogen and oxygen atoms in total. The second-order valence-corrected chi connectivity index (χ2v) is 8.30. The maximum Gasteiger partial charge on any atom is 0.00967 e. The molecule has 1 heteroatoms. The molecule has 1 N–H and O–H groups in total. The third-order valence-corrected chi connectivity index (χ3v) is 4.69. The lowest BCUT2D eigenvalue weighted by atomic mass is 9.78. The highest BCUT2D eigenvalue weighted by Crippen LogP contribution is 2.31. The van der Waals surface area contributed by atoms with Crippen LogP contribution in [0.5, 0.6) is 0 Å². The van der Waals surface area contributed by atoms with Gasteiger partial charge in [-0.1, -0.05) is 38.5 Å². The molecule has 1 aliphatic rings. The van der Waals surface area contributed by atoms with Crippen LogP contribution in [0, 0.1) is 5.41 Å². The Balaban J connectivity index is 2.07. The number of fused-ring (bicyclic) bond motifs is 1. The molecule has 0 amide bonds. The molecule has 1 unspecified atom stereocenters. The van der Waals surface area contributed by atoms with Crippen LogP contribution in [-0.2, 0) is 19.3 Å². The fourth-order valence-electron chi connectivity index (χ4n) is 3.55. The summed E-state index contributed by atoms with van der Waals surface area (Å²) in [6, 6.07) is 7.23. The van der Waals surface area contributed by atoms with E-state index in [1.54, 1.807) is 11.1 Å². The van der Waals surface area contributed by atoms with Crippen LogP contribution in [0.1, 0.15) is 70.6 Å². The molecule has 0 spiro atoms. The van der Waals surface area contributed by atoms with E-state index in [2.05, 4.69) is 58.1 Å². The summed E-state index contributed by atoms with van der Waals surface area (Å²) >= 11 is 0. The first-order valence-electron chi connectivity index (χ1n) is 8.67. The molecule has 1 aromatic carbocycles. The molecule has 0 saturated carbocycles. The number of rotatable bonds is 6. The minimum Gasteiger partial charge on any atom is -0.312 e. The zero-order valence-electron chi connectivity index (χ0n) is 14.7. The maximum atomic E-state index is 3.72.